The lowest BCUT2D eigenvalue weighted by Crippen LogP contribution is -2.36. The summed E-state index contributed by atoms with van der Waals surface area (Å²) in [6, 6.07) is 7.52. The molecule has 0 spiro atoms. The number of ether oxygens (including phenoxy) is 1. The molecule has 2 unspecified atom stereocenters. The van der Waals surface area contributed by atoms with E-state index in [-0.39, 0.29) is 6.61 Å². The molecule has 0 bridgehead atoms. The van der Waals surface area contributed by atoms with Crippen molar-refractivity contribution in [3.8, 4) is 5.75 Å². The second kappa shape index (κ2) is 7.54. The maximum Gasteiger partial charge on any atom is 0.119 e. The maximum atomic E-state index is 9.70. The van der Waals surface area contributed by atoms with Crippen LogP contribution in [0.5, 0.6) is 5.75 Å². The van der Waals surface area contributed by atoms with Gasteiger partial charge in [0.2, 0.25) is 0 Å². The Labute approximate surface area is 108 Å². The van der Waals surface area contributed by atoms with E-state index in [2.05, 4.69) is 19.2 Å². The summed E-state index contributed by atoms with van der Waals surface area (Å²) >= 11 is 5.76. The Kier molecular flexibility index (Phi) is 6.34. The average Bonchev–Trinajstić information content (AvgIpc) is 2.35. The van der Waals surface area contributed by atoms with E-state index >= 15 is 0 Å². The van der Waals surface area contributed by atoms with E-state index in [1.165, 1.54) is 0 Å². The van der Waals surface area contributed by atoms with Gasteiger partial charge >= 0.3 is 0 Å². The highest BCUT2D eigenvalue weighted by atomic mass is 35.5. The first kappa shape index (κ1) is 14.3. The Morgan fingerprint density at radius 2 is 2.00 bits per heavy atom. The van der Waals surface area contributed by atoms with Crippen molar-refractivity contribution in [2.75, 3.05) is 13.2 Å². The van der Waals surface area contributed by atoms with Gasteiger partial charge in [0.25, 0.3) is 0 Å². The number of aliphatic hydroxyl groups excluding tert-OH is 1. The van der Waals surface area contributed by atoms with Crippen LogP contribution < -0.4 is 10.1 Å². The van der Waals surface area contributed by atoms with Crippen LogP contribution in [0, 0.1) is 0 Å². The van der Waals surface area contributed by atoms with E-state index in [1.54, 1.807) is 24.3 Å². The standard InChI is InChI=1S/C13H20ClNO2/c1-3-10(2)15-8-12(16)9-17-13-6-4-11(14)5-7-13/h4-7,10,12,15-16H,3,8-9H2,1-2H3. The van der Waals surface area contributed by atoms with E-state index < -0.39 is 6.10 Å². The second-order valence-corrected chi connectivity index (χ2v) is 4.57. The molecule has 0 aliphatic heterocycles. The predicted molar refractivity (Wildman–Crippen MR) is 70.7 cm³/mol. The summed E-state index contributed by atoms with van der Waals surface area (Å²) in [6.45, 7) is 5.02. The Morgan fingerprint density at radius 3 is 2.59 bits per heavy atom. The third kappa shape index (κ3) is 5.91. The zero-order valence-electron chi connectivity index (χ0n) is 10.3. The van der Waals surface area contributed by atoms with Gasteiger partial charge in [0, 0.05) is 17.6 Å². The highest BCUT2D eigenvalue weighted by molar-refractivity contribution is 6.30. The summed E-state index contributed by atoms with van der Waals surface area (Å²) in [5, 5.41) is 13.6. The predicted octanol–water partition coefficient (Wildman–Crippen LogP) is 2.47. The number of benzene rings is 1. The van der Waals surface area contributed by atoms with Crippen molar-refractivity contribution >= 4 is 11.6 Å². The zero-order chi connectivity index (χ0) is 12.7. The van der Waals surface area contributed by atoms with Gasteiger partial charge in [-0.1, -0.05) is 18.5 Å². The van der Waals surface area contributed by atoms with Crippen LogP contribution in [0.15, 0.2) is 24.3 Å². The smallest absolute Gasteiger partial charge is 0.119 e. The lowest BCUT2D eigenvalue weighted by Gasteiger charge is -2.16. The molecule has 0 saturated carbocycles. The lowest BCUT2D eigenvalue weighted by atomic mass is 10.2. The van der Waals surface area contributed by atoms with Crippen LogP contribution in [0.4, 0.5) is 0 Å². The molecule has 0 aliphatic carbocycles. The number of aliphatic hydroxyl groups is 1. The van der Waals surface area contributed by atoms with Gasteiger partial charge in [-0.2, -0.15) is 0 Å². The molecule has 2 N–H and O–H groups in total. The summed E-state index contributed by atoms with van der Waals surface area (Å²) in [4.78, 5) is 0. The Bertz CT molecular complexity index is 316. The van der Waals surface area contributed by atoms with Crippen LogP contribution in [0.1, 0.15) is 20.3 Å². The fourth-order valence-electron chi connectivity index (χ4n) is 1.26. The molecule has 96 valence electrons. The van der Waals surface area contributed by atoms with Crippen LogP contribution in [-0.2, 0) is 0 Å². The lowest BCUT2D eigenvalue weighted by molar-refractivity contribution is 0.104. The van der Waals surface area contributed by atoms with Crippen molar-refractivity contribution in [1.29, 1.82) is 0 Å². The topological polar surface area (TPSA) is 41.5 Å². The van der Waals surface area contributed by atoms with Gasteiger partial charge in [0.05, 0.1) is 0 Å². The van der Waals surface area contributed by atoms with E-state index in [9.17, 15) is 5.11 Å². The SMILES string of the molecule is CCC(C)NCC(O)COc1ccc(Cl)cc1. The molecular formula is C13H20ClNO2. The molecule has 0 heterocycles. The highest BCUT2D eigenvalue weighted by Crippen LogP contribution is 2.15. The molecule has 2 atom stereocenters. The van der Waals surface area contributed by atoms with Crippen LogP contribution in [-0.4, -0.2) is 30.4 Å². The second-order valence-electron chi connectivity index (χ2n) is 4.14. The zero-order valence-corrected chi connectivity index (χ0v) is 11.1. The van der Waals surface area contributed by atoms with Crippen molar-refractivity contribution in [2.24, 2.45) is 0 Å². The Hall–Kier alpha value is -0.770. The quantitative estimate of drug-likeness (QED) is 0.789. The molecule has 0 fully saturated rings. The third-order valence-corrected chi connectivity index (χ3v) is 2.82. The highest BCUT2D eigenvalue weighted by Gasteiger charge is 2.06. The molecule has 1 aromatic rings. The first-order valence-electron chi connectivity index (χ1n) is 5.91. The Balaban J connectivity index is 2.23. The van der Waals surface area contributed by atoms with Crippen LogP contribution in [0.25, 0.3) is 0 Å². The van der Waals surface area contributed by atoms with Crippen LogP contribution >= 0.6 is 11.6 Å². The molecule has 0 saturated heterocycles. The maximum absolute atomic E-state index is 9.70. The van der Waals surface area contributed by atoms with Crippen molar-refractivity contribution in [1.82, 2.24) is 5.32 Å². The van der Waals surface area contributed by atoms with Gasteiger partial charge in [0.1, 0.15) is 18.5 Å². The average molecular weight is 258 g/mol. The minimum absolute atomic E-state index is 0.283. The molecule has 1 aromatic carbocycles. The van der Waals surface area contributed by atoms with Crippen molar-refractivity contribution < 1.29 is 9.84 Å². The van der Waals surface area contributed by atoms with Gasteiger partial charge in [-0.15, -0.1) is 0 Å². The molecule has 1 rings (SSSR count). The fraction of sp³-hybridized carbons (Fsp3) is 0.538. The van der Waals surface area contributed by atoms with E-state index in [1.807, 2.05) is 0 Å². The number of nitrogens with one attached hydrogen (secondary N) is 1. The largest absolute Gasteiger partial charge is 0.491 e. The molecule has 0 aliphatic rings. The molecule has 0 radical (unpaired) electrons. The van der Waals surface area contributed by atoms with E-state index in [4.69, 9.17) is 16.3 Å². The summed E-state index contributed by atoms with van der Waals surface area (Å²) < 4.78 is 5.44. The molecule has 0 amide bonds. The van der Waals surface area contributed by atoms with Gasteiger partial charge in [-0.3, -0.25) is 0 Å². The molecule has 3 nitrogen and oxygen atoms in total. The number of hydrogen-bond acceptors (Lipinski definition) is 3. The van der Waals surface area contributed by atoms with E-state index in [0.29, 0.717) is 17.6 Å². The normalized spacial score (nSPS) is 14.4. The first-order valence-corrected chi connectivity index (χ1v) is 6.29. The molecule has 0 aromatic heterocycles. The van der Waals surface area contributed by atoms with Gasteiger partial charge in [0.15, 0.2) is 0 Å². The molecule has 4 heteroatoms. The van der Waals surface area contributed by atoms with Crippen molar-refractivity contribution in [3.05, 3.63) is 29.3 Å². The van der Waals surface area contributed by atoms with Crippen LogP contribution in [0.3, 0.4) is 0 Å². The van der Waals surface area contributed by atoms with Gasteiger partial charge in [-0.05, 0) is 37.6 Å². The summed E-state index contributed by atoms with van der Waals surface area (Å²) in [7, 11) is 0. The van der Waals surface area contributed by atoms with Gasteiger partial charge < -0.3 is 15.2 Å². The third-order valence-electron chi connectivity index (χ3n) is 2.57. The minimum Gasteiger partial charge on any atom is -0.491 e. The van der Waals surface area contributed by atoms with Crippen LogP contribution in [0.2, 0.25) is 5.02 Å². The van der Waals surface area contributed by atoms with E-state index in [0.717, 1.165) is 12.2 Å². The minimum atomic E-state index is -0.500. The Morgan fingerprint density at radius 1 is 1.35 bits per heavy atom. The number of rotatable bonds is 7. The summed E-state index contributed by atoms with van der Waals surface area (Å²) in [5.74, 6) is 0.719. The first-order chi connectivity index (χ1) is 8.11. The summed E-state index contributed by atoms with van der Waals surface area (Å²) in [5.41, 5.74) is 0. The molecular weight excluding hydrogens is 238 g/mol. The monoisotopic (exact) mass is 257 g/mol. The fourth-order valence-corrected chi connectivity index (χ4v) is 1.39. The number of hydrogen-bond donors (Lipinski definition) is 2. The number of halogens is 1. The summed E-state index contributed by atoms with van der Waals surface area (Å²) in [6.07, 6.45) is 0.546. The van der Waals surface area contributed by atoms with Gasteiger partial charge in [-0.25, -0.2) is 0 Å². The molecule has 17 heavy (non-hydrogen) atoms. The van der Waals surface area contributed by atoms with Crippen molar-refractivity contribution in [2.45, 2.75) is 32.4 Å². The van der Waals surface area contributed by atoms with Crippen molar-refractivity contribution in [3.63, 3.8) is 0 Å².